The highest BCUT2D eigenvalue weighted by Gasteiger charge is 2.13. The first-order valence-corrected chi connectivity index (χ1v) is 3.56. The van der Waals surface area contributed by atoms with E-state index in [4.69, 9.17) is 0 Å². The standard InChI is InChI=1S/C7H12O5/c1-4-5(2)11-7(9)12-6(8)10-3/h5H,4H2,1-3H3. The van der Waals surface area contributed by atoms with Crippen LogP contribution >= 0.6 is 0 Å². The summed E-state index contributed by atoms with van der Waals surface area (Å²) in [6.07, 6.45) is -1.70. The van der Waals surface area contributed by atoms with Crippen LogP contribution in [-0.4, -0.2) is 25.5 Å². The van der Waals surface area contributed by atoms with Gasteiger partial charge in [0.1, 0.15) is 6.10 Å². The summed E-state index contributed by atoms with van der Waals surface area (Å²) in [5.41, 5.74) is 0. The normalized spacial score (nSPS) is 11.6. The number of rotatable bonds is 2. The average molecular weight is 176 g/mol. The number of ether oxygens (including phenoxy) is 3. The molecule has 12 heavy (non-hydrogen) atoms. The highest BCUT2D eigenvalue weighted by molar-refractivity contribution is 5.76. The van der Waals surface area contributed by atoms with Crippen molar-refractivity contribution in [2.45, 2.75) is 26.4 Å². The molecule has 0 aliphatic heterocycles. The Hall–Kier alpha value is -1.26. The monoisotopic (exact) mass is 176 g/mol. The van der Waals surface area contributed by atoms with Crippen molar-refractivity contribution in [3.05, 3.63) is 0 Å². The van der Waals surface area contributed by atoms with Gasteiger partial charge in [0.25, 0.3) is 0 Å². The Morgan fingerprint density at radius 3 is 2.33 bits per heavy atom. The fourth-order valence-corrected chi connectivity index (χ4v) is 0.381. The van der Waals surface area contributed by atoms with E-state index in [0.29, 0.717) is 6.42 Å². The lowest BCUT2D eigenvalue weighted by Gasteiger charge is -2.08. The van der Waals surface area contributed by atoms with E-state index in [1.807, 2.05) is 6.92 Å². The van der Waals surface area contributed by atoms with Crippen LogP contribution in [0.2, 0.25) is 0 Å². The topological polar surface area (TPSA) is 61.8 Å². The number of carbonyl (C=O) groups excluding carboxylic acids is 2. The summed E-state index contributed by atoms with van der Waals surface area (Å²) in [4.78, 5) is 21.0. The zero-order valence-electron chi connectivity index (χ0n) is 7.33. The Balaban J connectivity index is 3.66. The lowest BCUT2D eigenvalue weighted by Crippen LogP contribution is -2.18. The SMILES string of the molecule is CCC(C)OC(=O)OC(=O)OC. The molecule has 0 aliphatic rings. The minimum atomic E-state index is -1.07. The van der Waals surface area contributed by atoms with Gasteiger partial charge in [-0.25, -0.2) is 9.59 Å². The molecule has 0 radical (unpaired) electrons. The van der Waals surface area contributed by atoms with Gasteiger partial charge in [-0.3, -0.25) is 0 Å². The Labute approximate surface area is 70.6 Å². The molecule has 70 valence electrons. The number of methoxy groups -OCH3 is 1. The number of carbonyl (C=O) groups is 2. The molecule has 0 fully saturated rings. The summed E-state index contributed by atoms with van der Waals surface area (Å²) in [7, 11) is 1.11. The second-order valence-corrected chi connectivity index (χ2v) is 2.14. The molecule has 0 heterocycles. The summed E-state index contributed by atoms with van der Waals surface area (Å²) < 4.78 is 12.7. The Morgan fingerprint density at radius 1 is 1.33 bits per heavy atom. The molecule has 0 amide bonds. The Bertz CT molecular complexity index is 165. The van der Waals surface area contributed by atoms with E-state index in [-0.39, 0.29) is 6.10 Å². The quantitative estimate of drug-likeness (QED) is 0.473. The van der Waals surface area contributed by atoms with Gasteiger partial charge in [-0.2, -0.15) is 0 Å². The van der Waals surface area contributed by atoms with Crippen molar-refractivity contribution >= 4 is 12.3 Å². The van der Waals surface area contributed by atoms with Crippen molar-refractivity contribution < 1.29 is 23.8 Å². The molecule has 0 saturated heterocycles. The fourth-order valence-electron chi connectivity index (χ4n) is 0.381. The highest BCUT2D eigenvalue weighted by Crippen LogP contribution is 1.98. The fraction of sp³-hybridized carbons (Fsp3) is 0.714. The van der Waals surface area contributed by atoms with E-state index < -0.39 is 12.3 Å². The van der Waals surface area contributed by atoms with E-state index in [2.05, 4.69) is 14.2 Å². The maximum atomic E-state index is 10.6. The zero-order valence-corrected chi connectivity index (χ0v) is 7.33. The van der Waals surface area contributed by atoms with Crippen LogP contribution < -0.4 is 0 Å². The molecular formula is C7H12O5. The maximum absolute atomic E-state index is 10.6. The molecule has 0 aromatic heterocycles. The molecule has 1 unspecified atom stereocenters. The van der Waals surface area contributed by atoms with Crippen molar-refractivity contribution in [1.29, 1.82) is 0 Å². The molecule has 5 nitrogen and oxygen atoms in total. The van der Waals surface area contributed by atoms with Gasteiger partial charge >= 0.3 is 12.3 Å². The van der Waals surface area contributed by atoms with Gasteiger partial charge in [-0.05, 0) is 13.3 Å². The highest BCUT2D eigenvalue weighted by atomic mass is 16.8. The lowest BCUT2D eigenvalue weighted by molar-refractivity contribution is 0.0261. The van der Waals surface area contributed by atoms with Gasteiger partial charge in [0, 0.05) is 0 Å². The van der Waals surface area contributed by atoms with Crippen LogP contribution in [0.25, 0.3) is 0 Å². The Morgan fingerprint density at radius 2 is 1.92 bits per heavy atom. The van der Waals surface area contributed by atoms with E-state index in [1.165, 1.54) is 0 Å². The first-order chi connectivity index (χ1) is 5.60. The van der Waals surface area contributed by atoms with Crippen molar-refractivity contribution in [1.82, 2.24) is 0 Å². The summed E-state index contributed by atoms with van der Waals surface area (Å²) >= 11 is 0. The molecule has 0 rings (SSSR count). The third-order valence-corrected chi connectivity index (χ3v) is 1.21. The van der Waals surface area contributed by atoms with E-state index in [1.54, 1.807) is 6.92 Å². The summed E-state index contributed by atoms with van der Waals surface area (Å²) in [5.74, 6) is 0. The van der Waals surface area contributed by atoms with Gasteiger partial charge in [0.2, 0.25) is 0 Å². The molecule has 0 N–H and O–H groups in total. The second kappa shape index (κ2) is 5.40. The first kappa shape index (κ1) is 10.7. The predicted molar refractivity (Wildman–Crippen MR) is 39.7 cm³/mol. The van der Waals surface area contributed by atoms with Crippen LogP contribution in [0.4, 0.5) is 9.59 Å². The average Bonchev–Trinajstić information content (AvgIpc) is 2.03. The lowest BCUT2D eigenvalue weighted by atomic mass is 10.3. The number of hydrogen-bond acceptors (Lipinski definition) is 5. The van der Waals surface area contributed by atoms with Crippen LogP contribution in [0, 0.1) is 0 Å². The molecule has 0 saturated carbocycles. The van der Waals surface area contributed by atoms with Crippen LogP contribution in [0.15, 0.2) is 0 Å². The molecule has 0 spiro atoms. The largest absolute Gasteiger partial charge is 0.518 e. The van der Waals surface area contributed by atoms with Crippen molar-refractivity contribution in [3.8, 4) is 0 Å². The number of hydrogen-bond donors (Lipinski definition) is 0. The van der Waals surface area contributed by atoms with Gasteiger partial charge in [0.05, 0.1) is 7.11 Å². The maximum Gasteiger partial charge on any atom is 0.518 e. The predicted octanol–water partition coefficient (Wildman–Crippen LogP) is 1.70. The van der Waals surface area contributed by atoms with E-state index in [9.17, 15) is 9.59 Å². The molecule has 5 heteroatoms. The van der Waals surface area contributed by atoms with Gasteiger partial charge < -0.3 is 14.2 Å². The minimum absolute atomic E-state index is 0.262. The molecule has 1 atom stereocenters. The third kappa shape index (κ3) is 4.54. The van der Waals surface area contributed by atoms with Crippen LogP contribution in [-0.2, 0) is 14.2 Å². The van der Waals surface area contributed by atoms with E-state index in [0.717, 1.165) is 7.11 Å². The summed E-state index contributed by atoms with van der Waals surface area (Å²) in [5, 5.41) is 0. The van der Waals surface area contributed by atoms with Gasteiger partial charge in [-0.1, -0.05) is 6.92 Å². The Kier molecular flexibility index (Phi) is 4.83. The molecule has 0 bridgehead atoms. The molecule has 0 aromatic rings. The van der Waals surface area contributed by atoms with Crippen molar-refractivity contribution in [2.24, 2.45) is 0 Å². The minimum Gasteiger partial charge on any atom is -0.437 e. The molecule has 0 aliphatic carbocycles. The van der Waals surface area contributed by atoms with E-state index >= 15 is 0 Å². The summed E-state index contributed by atoms with van der Waals surface area (Å²) in [6, 6.07) is 0. The van der Waals surface area contributed by atoms with Gasteiger partial charge in [-0.15, -0.1) is 0 Å². The zero-order chi connectivity index (χ0) is 9.56. The van der Waals surface area contributed by atoms with Crippen LogP contribution in [0.5, 0.6) is 0 Å². The van der Waals surface area contributed by atoms with Crippen LogP contribution in [0.1, 0.15) is 20.3 Å². The van der Waals surface area contributed by atoms with Crippen LogP contribution in [0.3, 0.4) is 0 Å². The molecular weight excluding hydrogens is 164 g/mol. The molecule has 0 aromatic carbocycles. The van der Waals surface area contributed by atoms with Crippen molar-refractivity contribution in [3.63, 3.8) is 0 Å². The first-order valence-electron chi connectivity index (χ1n) is 3.56. The smallest absolute Gasteiger partial charge is 0.437 e. The van der Waals surface area contributed by atoms with Crippen molar-refractivity contribution in [2.75, 3.05) is 7.11 Å². The second-order valence-electron chi connectivity index (χ2n) is 2.14. The van der Waals surface area contributed by atoms with Gasteiger partial charge in [0.15, 0.2) is 0 Å². The third-order valence-electron chi connectivity index (χ3n) is 1.21. The summed E-state index contributed by atoms with van der Waals surface area (Å²) in [6.45, 7) is 3.54.